The fraction of sp³-hybridized carbons (Fsp3) is 0.611. The van der Waals surface area contributed by atoms with Crippen LogP contribution in [0.25, 0.3) is 0 Å². The van der Waals surface area contributed by atoms with Gasteiger partial charge in [0.05, 0.1) is 11.6 Å². The third kappa shape index (κ3) is 3.84. The van der Waals surface area contributed by atoms with Gasteiger partial charge in [0, 0.05) is 19.1 Å². The fourth-order valence-corrected chi connectivity index (χ4v) is 3.24. The summed E-state index contributed by atoms with van der Waals surface area (Å²) in [5.74, 6) is 0.703. The number of nitrogens with zero attached hydrogens (tertiary/aromatic N) is 2. The Morgan fingerprint density at radius 1 is 1.30 bits per heavy atom. The average Bonchev–Trinajstić information content (AvgIpc) is 2.93. The summed E-state index contributed by atoms with van der Waals surface area (Å²) in [5.41, 5.74) is 3.38. The number of hydrogen-bond acceptors (Lipinski definition) is 2. The Hall–Kier alpha value is -1.33. The van der Waals surface area contributed by atoms with E-state index in [0.717, 1.165) is 18.2 Å². The van der Waals surface area contributed by atoms with Gasteiger partial charge in [0.25, 0.3) is 0 Å². The Bertz CT molecular complexity index is 479. The molecule has 0 amide bonds. The van der Waals surface area contributed by atoms with Crippen LogP contribution in [0.4, 0.5) is 0 Å². The molecule has 20 heavy (non-hydrogen) atoms. The van der Waals surface area contributed by atoms with E-state index >= 15 is 0 Å². The average molecular weight is 270 g/mol. The Morgan fingerprint density at radius 3 is 2.55 bits per heavy atom. The molecule has 2 rings (SSSR count). The first-order valence-corrected chi connectivity index (χ1v) is 7.84. The van der Waals surface area contributed by atoms with E-state index in [4.69, 9.17) is 5.26 Å². The normalized spacial score (nSPS) is 16.0. The lowest BCUT2D eigenvalue weighted by molar-refractivity contribution is 0.168. The van der Waals surface area contributed by atoms with Crippen molar-refractivity contribution in [3.63, 3.8) is 0 Å². The number of aryl methyl sites for hydroxylation is 1. The summed E-state index contributed by atoms with van der Waals surface area (Å²) in [6, 6.07) is 9.07. The second kappa shape index (κ2) is 6.90. The molecule has 0 heterocycles. The van der Waals surface area contributed by atoms with E-state index in [9.17, 15) is 0 Å². The number of hydrogen-bond donors (Lipinski definition) is 0. The molecule has 108 valence electrons. The molecule has 0 bridgehead atoms. The van der Waals surface area contributed by atoms with Crippen molar-refractivity contribution in [1.82, 2.24) is 4.90 Å². The van der Waals surface area contributed by atoms with Crippen LogP contribution in [-0.2, 0) is 6.54 Å². The first-order valence-electron chi connectivity index (χ1n) is 7.84. The maximum atomic E-state index is 8.97. The Morgan fingerprint density at radius 2 is 2.00 bits per heavy atom. The van der Waals surface area contributed by atoms with Gasteiger partial charge in [0.15, 0.2) is 0 Å². The summed E-state index contributed by atoms with van der Waals surface area (Å²) in [6.45, 7) is 8.92. The third-order valence-corrected chi connectivity index (χ3v) is 4.29. The van der Waals surface area contributed by atoms with Crippen LogP contribution in [0.15, 0.2) is 18.2 Å². The Kier molecular flexibility index (Phi) is 5.20. The summed E-state index contributed by atoms with van der Waals surface area (Å²) in [5, 5.41) is 8.97. The van der Waals surface area contributed by atoms with Crippen LogP contribution in [0.5, 0.6) is 0 Å². The van der Waals surface area contributed by atoms with E-state index in [1.165, 1.54) is 43.4 Å². The highest BCUT2D eigenvalue weighted by molar-refractivity contribution is 5.37. The summed E-state index contributed by atoms with van der Waals surface area (Å²) in [6.07, 6.45) is 5.46. The SMILES string of the molecule is Cc1cc(C#N)ccc1CN(CC(C)C)C1CCCC1. The smallest absolute Gasteiger partial charge is 0.0991 e. The van der Waals surface area contributed by atoms with Crippen molar-refractivity contribution in [3.8, 4) is 6.07 Å². The highest BCUT2D eigenvalue weighted by atomic mass is 15.2. The summed E-state index contributed by atoms with van der Waals surface area (Å²) in [7, 11) is 0. The van der Waals surface area contributed by atoms with Gasteiger partial charge < -0.3 is 0 Å². The molecule has 0 N–H and O–H groups in total. The molecule has 2 heteroatoms. The van der Waals surface area contributed by atoms with Crippen LogP contribution in [0, 0.1) is 24.2 Å². The quantitative estimate of drug-likeness (QED) is 0.799. The lowest BCUT2D eigenvalue weighted by Gasteiger charge is -2.31. The molecule has 0 unspecified atom stereocenters. The summed E-state index contributed by atoms with van der Waals surface area (Å²) >= 11 is 0. The van der Waals surface area contributed by atoms with Gasteiger partial charge in [-0.1, -0.05) is 32.8 Å². The standard InChI is InChI=1S/C18H26N2/c1-14(2)12-20(18-6-4-5-7-18)13-17-9-8-16(11-19)10-15(17)3/h8-10,14,18H,4-7,12-13H2,1-3H3. The molecule has 1 aromatic carbocycles. The number of benzene rings is 1. The largest absolute Gasteiger partial charge is 0.296 e. The van der Waals surface area contributed by atoms with E-state index in [0.29, 0.717) is 5.92 Å². The van der Waals surface area contributed by atoms with Crippen molar-refractivity contribution in [2.75, 3.05) is 6.54 Å². The Balaban J connectivity index is 2.12. The van der Waals surface area contributed by atoms with E-state index in [2.05, 4.69) is 37.8 Å². The fourth-order valence-electron chi connectivity index (χ4n) is 3.24. The monoisotopic (exact) mass is 270 g/mol. The molecule has 2 nitrogen and oxygen atoms in total. The maximum Gasteiger partial charge on any atom is 0.0991 e. The first kappa shape index (κ1) is 15.1. The molecular weight excluding hydrogens is 244 g/mol. The van der Waals surface area contributed by atoms with Crippen LogP contribution < -0.4 is 0 Å². The molecule has 1 aliphatic rings. The van der Waals surface area contributed by atoms with Crippen LogP contribution in [0.1, 0.15) is 56.2 Å². The predicted octanol–water partition coefficient (Wildman–Crippen LogP) is 4.27. The molecule has 0 atom stereocenters. The molecule has 0 aliphatic heterocycles. The van der Waals surface area contributed by atoms with Crippen molar-refractivity contribution >= 4 is 0 Å². The predicted molar refractivity (Wildman–Crippen MR) is 83.4 cm³/mol. The highest BCUT2D eigenvalue weighted by Crippen LogP contribution is 2.26. The third-order valence-electron chi connectivity index (χ3n) is 4.29. The maximum absolute atomic E-state index is 8.97. The van der Waals surface area contributed by atoms with Crippen LogP contribution in [0.3, 0.4) is 0 Å². The molecule has 0 spiro atoms. The topological polar surface area (TPSA) is 27.0 Å². The van der Waals surface area contributed by atoms with Crippen LogP contribution in [0.2, 0.25) is 0 Å². The van der Waals surface area contributed by atoms with Crippen molar-refractivity contribution in [2.24, 2.45) is 5.92 Å². The van der Waals surface area contributed by atoms with E-state index in [1.807, 2.05) is 12.1 Å². The molecule has 0 aromatic heterocycles. The van der Waals surface area contributed by atoms with E-state index in [1.54, 1.807) is 0 Å². The van der Waals surface area contributed by atoms with Crippen LogP contribution >= 0.6 is 0 Å². The molecule has 1 aliphatic carbocycles. The van der Waals surface area contributed by atoms with Crippen molar-refractivity contribution < 1.29 is 0 Å². The lowest BCUT2D eigenvalue weighted by Crippen LogP contribution is -2.35. The molecule has 0 saturated heterocycles. The summed E-state index contributed by atoms with van der Waals surface area (Å²) < 4.78 is 0. The van der Waals surface area contributed by atoms with Gasteiger partial charge in [-0.05, 0) is 48.9 Å². The van der Waals surface area contributed by atoms with Crippen molar-refractivity contribution in [2.45, 2.75) is 59.0 Å². The zero-order chi connectivity index (χ0) is 14.5. The number of nitriles is 1. The van der Waals surface area contributed by atoms with Gasteiger partial charge in [-0.25, -0.2) is 0 Å². The minimum atomic E-state index is 0.703. The lowest BCUT2D eigenvalue weighted by atomic mass is 10.0. The second-order valence-electron chi connectivity index (χ2n) is 6.51. The minimum absolute atomic E-state index is 0.703. The van der Waals surface area contributed by atoms with Gasteiger partial charge >= 0.3 is 0 Å². The van der Waals surface area contributed by atoms with Gasteiger partial charge in [0.1, 0.15) is 0 Å². The van der Waals surface area contributed by atoms with Crippen molar-refractivity contribution in [1.29, 1.82) is 5.26 Å². The van der Waals surface area contributed by atoms with E-state index < -0.39 is 0 Å². The van der Waals surface area contributed by atoms with E-state index in [-0.39, 0.29) is 0 Å². The molecule has 0 radical (unpaired) electrons. The summed E-state index contributed by atoms with van der Waals surface area (Å²) in [4.78, 5) is 2.66. The first-order chi connectivity index (χ1) is 9.60. The number of rotatable bonds is 5. The van der Waals surface area contributed by atoms with Gasteiger partial charge in [-0.15, -0.1) is 0 Å². The molecule has 1 fully saturated rings. The molecule has 1 saturated carbocycles. The van der Waals surface area contributed by atoms with Crippen LogP contribution in [-0.4, -0.2) is 17.5 Å². The Labute approximate surface area is 123 Å². The second-order valence-corrected chi connectivity index (χ2v) is 6.51. The highest BCUT2D eigenvalue weighted by Gasteiger charge is 2.23. The zero-order valence-corrected chi connectivity index (χ0v) is 13.0. The van der Waals surface area contributed by atoms with Crippen molar-refractivity contribution in [3.05, 3.63) is 34.9 Å². The minimum Gasteiger partial charge on any atom is -0.296 e. The molecule has 1 aromatic rings. The molecular formula is C18H26N2. The van der Waals surface area contributed by atoms with Gasteiger partial charge in [0.2, 0.25) is 0 Å². The van der Waals surface area contributed by atoms with Gasteiger partial charge in [-0.2, -0.15) is 5.26 Å². The zero-order valence-electron chi connectivity index (χ0n) is 13.0. The van der Waals surface area contributed by atoms with Gasteiger partial charge in [-0.3, -0.25) is 4.90 Å².